The topological polar surface area (TPSA) is 15.3 Å². The van der Waals surface area contributed by atoms with Gasteiger partial charge < -0.3 is 5.32 Å². The highest BCUT2D eigenvalue weighted by Crippen LogP contribution is 2.28. The first-order chi connectivity index (χ1) is 7.40. The molecule has 1 saturated carbocycles. The summed E-state index contributed by atoms with van der Waals surface area (Å²) in [7, 11) is 0. The summed E-state index contributed by atoms with van der Waals surface area (Å²) in [6.07, 6.45) is 8.55. The lowest BCUT2D eigenvalue weighted by atomic mass is 9.84. The Kier molecular flexibility index (Phi) is 4.45. The molecule has 2 nitrogen and oxygen atoms in total. The normalized spacial score (nSPS) is 28.0. The fraction of sp³-hybridized carbons (Fsp3) is 1.00. The molecule has 0 aromatic rings. The van der Waals surface area contributed by atoms with Crippen molar-refractivity contribution in [2.24, 2.45) is 5.92 Å². The predicted octanol–water partition coefficient (Wildman–Crippen LogP) is 2.25. The Balaban J connectivity index is 1.79. The molecule has 2 fully saturated rings. The van der Waals surface area contributed by atoms with Gasteiger partial charge in [0.15, 0.2) is 0 Å². The predicted molar refractivity (Wildman–Crippen MR) is 65.1 cm³/mol. The van der Waals surface area contributed by atoms with E-state index in [1.165, 1.54) is 64.7 Å². The van der Waals surface area contributed by atoms with E-state index < -0.39 is 0 Å². The Hall–Kier alpha value is -0.0800. The van der Waals surface area contributed by atoms with E-state index in [0.29, 0.717) is 0 Å². The van der Waals surface area contributed by atoms with Crippen molar-refractivity contribution in [2.75, 3.05) is 26.2 Å². The van der Waals surface area contributed by atoms with Gasteiger partial charge in [-0.15, -0.1) is 0 Å². The lowest BCUT2D eigenvalue weighted by molar-refractivity contribution is 0.115. The van der Waals surface area contributed by atoms with Crippen LogP contribution in [0.4, 0.5) is 0 Å². The third-order valence-electron chi connectivity index (χ3n) is 4.02. The molecule has 2 rings (SSSR count). The zero-order valence-corrected chi connectivity index (χ0v) is 10.2. The van der Waals surface area contributed by atoms with Crippen molar-refractivity contribution in [1.29, 1.82) is 0 Å². The largest absolute Gasteiger partial charge is 0.315 e. The second kappa shape index (κ2) is 5.86. The molecule has 1 aliphatic carbocycles. The van der Waals surface area contributed by atoms with Crippen LogP contribution in [-0.2, 0) is 0 Å². The monoisotopic (exact) mass is 210 g/mol. The van der Waals surface area contributed by atoms with Crippen molar-refractivity contribution in [1.82, 2.24) is 10.2 Å². The first-order valence-electron chi connectivity index (χ1n) is 6.85. The molecule has 2 aliphatic rings. The first kappa shape index (κ1) is 11.4. The van der Waals surface area contributed by atoms with Gasteiger partial charge in [-0.3, -0.25) is 4.90 Å². The average Bonchev–Trinajstić information content (AvgIpc) is 2.23. The maximum absolute atomic E-state index is 3.54. The summed E-state index contributed by atoms with van der Waals surface area (Å²) in [6, 6.07) is 0.833. The Morgan fingerprint density at radius 3 is 2.60 bits per heavy atom. The van der Waals surface area contributed by atoms with Crippen LogP contribution in [0.1, 0.15) is 45.4 Å². The summed E-state index contributed by atoms with van der Waals surface area (Å²) >= 11 is 0. The van der Waals surface area contributed by atoms with Crippen molar-refractivity contribution < 1.29 is 0 Å². The zero-order chi connectivity index (χ0) is 10.5. The minimum Gasteiger partial charge on any atom is -0.315 e. The van der Waals surface area contributed by atoms with Gasteiger partial charge in [0, 0.05) is 19.1 Å². The molecule has 0 amide bonds. The summed E-state index contributed by atoms with van der Waals surface area (Å²) in [6.45, 7) is 7.46. The van der Waals surface area contributed by atoms with Crippen LogP contribution in [0, 0.1) is 5.92 Å². The number of hydrogen-bond donors (Lipinski definition) is 1. The molecule has 15 heavy (non-hydrogen) atoms. The molecule has 1 unspecified atom stereocenters. The van der Waals surface area contributed by atoms with E-state index in [0.717, 1.165) is 12.0 Å². The quantitative estimate of drug-likeness (QED) is 0.749. The van der Waals surface area contributed by atoms with Crippen LogP contribution >= 0.6 is 0 Å². The smallest absolute Gasteiger partial charge is 0.0221 e. The first-order valence-corrected chi connectivity index (χ1v) is 6.85. The third kappa shape index (κ3) is 3.18. The highest BCUT2D eigenvalue weighted by molar-refractivity contribution is 4.82. The molecule has 0 aromatic carbocycles. The Bertz CT molecular complexity index is 171. The third-order valence-corrected chi connectivity index (χ3v) is 4.02. The number of rotatable bonds is 5. The SMILES string of the molecule is CCCN(CC1CCC1)C1CCCNC1. The second-order valence-corrected chi connectivity index (χ2v) is 5.29. The van der Waals surface area contributed by atoms with Crippen LogP contribution in [0.5, 0.6) is 0 Å². The number of nitrogens with zero attached hydrogens (tertiary/aromatic N) is 1. The Morgan fingerprint density at radius 2 is 2.07 bits per heavy atom. The molecule has 0 spiro atoms. The van der Waals surface area contributed by atoms with Gasteiger partial charge in [-0.25, -0.2) is 0 Å². The van der Waals surface area contributed by atoms with Crippen LogP contribution in [0.25, 0.3) is 0 Å². The standard InChI is InChI=1S/C13H26N2/c1-2-9-15(11-12-5-3-6-12)13-7-4-8-14-10-13/h12-14H,2-11H2,1H3. The highest BCUT2D eigenvalue weighted by Gasteiger charge is 2.25. The van der Waals surface area contributed by atoms with Gasteiger partial charge in [0.1, 0.15) is 0 Å². The molecule has 1 atom stereocenters. The molecular weight excluding hydrogens is 184 g/mol. The molecule has 0 bridgehead atoms. The summed E-state index contributed by atoms with van der Waals surface area (Å²) in [4.78, 5) is 2.76. The van der Waals surface area contributed by atoms with Gasteiger partial charge in [0.2, 0.25) is 0 Å². The summed E-state index contributed by atoms with van der Waals surface area (Å²) in [5.41, 5.74) is 0. The minimum absolute atomic E-state index is 0.833. The molecule has 1 aliphatic heterocycles. The molecule has 1 heterocycles. The molecule has 88 valence electrons. The van der Waals surface area contributed by atoms with Gasteiger partial charge in [-0.1, -0.05) is 13.3 Å². The number of hydrogen-bond acceptors (Lipinski definition) is 2. The number of piperidine rings is 1. The Morgan fingerprint density at radius 1 is 1.20 bits per heavy atom. The number of nitrogens with one attached hydrogen (secondary N) is 1. The van der Waals surface area contributed by atoms with E-state index in [1.807, 2.05) is 0 Å². The van der Waals surface area contributed by atoms with Crippen molar-refractivity contribution in [3.8, 4) is 0 Å². The van der Waals surface area contributed by atoms with E-state index in [-0.39, 0.29) is 0 Å². The molecule has 1 saturated heterocycles. The van der Waals surface area contributed by atoms with Crippen LogP contribution in [-0.4, -0.2) is 37.1 Å². The average molecular weight is 210 g/mol. The lowest BCUT2D eigenvalue weighted by Crippen LogP contribution is -2.48. The summed E-state index contributed by atoms with van der Waals surface area (Å²) in [5, 5.41) is 3.54. The molecule has 1 N–H and O–H groups in total. The van der Waals surface area contributed by atoms with E-state index in [1.54, 1.807) is 0 Å². The van der Waals surface area contributed by atoms with E-state index in [2.05, 4.69) is 17.1 Å². The zero-order valence-electron chi connectivity index (χ0n) is 10.2. The van der Waals surface area contributed by atoms with Crippen LogP contribution in [0.2, 0.25) is 0 Å². The molecule has 0 aromatic heterocycles. The summed E-state index contributed by atoms with van der Waals surface area (Å²) in [5.74, 6) is 1.03. The van der Waals surface area contributed by atoms with E-state index >= 15 is 0 Å². The van der Waals surface area contributed by atoms with Crippen molar-refractivity contribution >= 4 is 0 Å². The van der Waals surface area contributed by atoms with Crippen molar-refractivity contribution in [3.63, 3.8) is 0 Å². The summed E-state index contributed by atoms with van der Waals surface area (Å²) < 4.78 is 0. The second-order valence-electron chi connectivity index (χ2n) is 5.29. The Labute approximate surface area is 94.4 Å². The lowest BCUT2D eigenvalue weighted by Gasteiger charge is -2.39. The van der Waals surface area contributed by atoms with Crippen LogP contribution < -0.4 is 5.32 Å². The van der Waals surface area contributed by atoms with Crippen molar-refractivity contribution in [3.05, 3.63) is 0 Å². The van der Waals surface area contributed by atoms with Gasteiger partial charge in [-0.05, 0) is 51.1 Å². The highest BCUT2D eigenvalue weighted by atomic mass is 15.2. The maximum atomic E-state index is 3.54. The van der Waals surface area contributed by atoms with Gasteiger partial charge >= 0.3 is 0 Å². The van der Waals surface area contributed by atoms with Crippen molar-refractivity contribution in [2.45, 2.75) is 51.5 Å². The molecule has 2 heteroatoms. The molecule has 0 radical (unpaired) electrons. The molecular formula is C13H26N2. The minimum atomic E-state index is 0.833. The maximum Gasteiger partial charge on any atom is 0.0221 e. The van der Waals surface area contributed by atoms with Gasteiger partial charge in [-0.2, -0.15) is 0 Å². The fourth-order valence-electron chi connectivity index (χ4n) is 2.86. The van der Waals surface area contributed by atoms with Crippen LogP contribution in [0.15, 0.2) is 0 Å². The van der Waals surface area contributed by atoms with E-state index in [9.17, 15) is 0 Å². The van der Waals surface area contributed by atoms with Gasteiger partial charge in [0.25, 0.3) is 0 Å². The fourth-order valence-corrected chi connectivity index (χ4v) is 2.86. The van der Waals surface area contributed by atoms with Gasteiger partial charge in [0.05, 0.1) is 0 Å². The van der Waals surface area contributed by atoms with Crippen LogP contribution in [0.3, 0.4) is 0 Å². The van der Waals surface area contributed by atoms with E-state index in [4.69, 9.17) is 0 Å².